The Labute approximate surface area is 200 Å². The van der Waals surface area contributed by atoms with Crippen molar-refractivity contribution in [3.8, 4) is 11.6 Å². The minimum Gasteiger partial charge on any atom is -0.493 e. The van der Waals surface area contributed by atoms with Crippen molar-refractivity contribution >= 4 is 11.6 Å². The molecule has 1 aliphatic rings. The van der Waals surface area contributed by atoms with E-state index in [2.05, 4.69) is 14.7 Å². The zero-order chi connectivity index (χ0) is 26.4. The van der Waals surface area contributed by atoms with E-state index in [9.17, 15) is 31.5 Å². The predicted molar refractivity (Wildman–Crippen MR) is 115 cm³/mol. The third-order valence-corrected chi connectivity index (χ3v) is 6.41. The summed E-state index contributed by atoms with van der Waals surface area (Å²) < 4.78 is 86.4. The molecule has 1 saturated heterocycles. The van der Waals surface area contributed by atoms with Gasteiger partial charge in [-0.05, 0) is 19.1 Å². The molecule has 0 saturated carbocycles. The Morgan fingerprint density at radius 1 is 1.25 bits per heavy atom. The van der Waals surface area contributed by atoms with Crippen LogP contribution in [0.5, 0.6) is 5.75 Å². The number of carbonyl (C=O) groups is 1. The van der Waals surface area contributed by atoms with Crippen LogP contribution in [0, 0.1) is 17.6 Å². The molecule has 4 atom stereocenters. The highest BCUT2D eigenvalue weighted by Crippen LogP contribution is 2.55. The van der Waals surface area contributed by atoms with E-state index in [1.54, 1.807) is 0 Å². The Hall–Kier alpha value is -3.74. The number of rotatable bonds is 5. The molecule has 1 N–H and O–H groups in total. The van der Waals surface area contributed by atoms with Crippen molar-refractivity contribution < 1.29 is 40.6 Å². The molecule has 0 aliphatic carbocycles. The van der Waals surface area contributed by atoms with E-state index in [0.717, 1.165) is 37.0 Å². The Kier molecular flexibility index (Phi) is 6.37. The molecule has 2 aromatic heterocycles. The van der Waals surface area contributed by atoms with E-state index in [4.69, 9.17) is 9.47 Å². The van der Waals surface area contributed by atoms with Crippen molar-refractivity contribution in [2.75, 3.05) is 12.4 Å². The van der Waals surface area contributed by atoms with Crippen LogP contribution < -0.4 is 15.8 Å². The third kappa shape index (κ3) is 4.12. The van der Waals surface area contributed by atoms with Crippen LogP contribution in [0.15, 0.2) is 52.1 Å². The van der Waals surface area contributed by atoms with Gasteiger partial charge in [-0.2, -0.15) is 17.6 Å². The number of aromatic nitrogens is 2. The largest absolute Gasteiger partial charge is 0.493 e. The first kappa shape index (κ1) is 25.4. The van der Waals surface area contributed by atoms with Gasteiger partial charge in [-0.25, -0.2) is 18.7 Å². The van der Waals surface area contributed by atoms with E-state index >= 15 is 0 Å². The summed E-state index contributed by atoms with van der Waals surface area (Å²) in [5, 5.41) is 2.45. The van der Waals surface area contributed by atoms with Crippen molar-refractivity contribution in [1.29, 1.82) is 0 Å². The molecule has 8 nitrogen and oxygen atoms in total. The van der Waals surface area contributed by atoms with Crippen LogP contribution in [0.4, 0.5) is 27.6 Å². The van der Waals surface area contributed by atoms with E-state index in [1.165, 1.54) is 31.5 Å². The second-order valence-electron chi connectivity index (χ2n) is 8.37. The molecule has 192 valence electrons. The molecule has 0 spiro atoms. The molecule has 3 aromatic rings. The summed E-state index contributed by atoms with van der Waals surface area (Å²) in [6, 6.07) is 4.46. The third-order valence-electron chi connectivity index (χ3n) is 6.41. The topological polar surface area (TPSA) is 95.6 Å². The zero-order valence-electron chi connectivity index (χ0n) is 19.1. The molecule has 3 heterocycles. The average Bonchev–Trinajstić information content (AvgIpc) is 3.37. The van der Waals surface area contributed by atoms with Crippen molar-refractivity contribution in [2.45, 2.75) is 37.6 Å². The van der Waals surface area contributed by atoms with E-state index in [0.29, 0.717) is 0 Å². The van der Waals surface area contributed by atoms with Gasteiger partial charge in [-0.1, -0.05) is 13.0 Å². The van der Waals surface area contributed by atoms with Crippen LogP contribution in [-0.4, -0.2) is 40.4 Å². The van der Waals surface area contributed by atoms with Crippen LogP contribution in [0.3, 0.4) is 0 Å². The van der Waals surface area contributed by atoms with Gasteiger partial charge in [-0.3, -0.25) is 4.79 Å². The standard InChI is InChI=1S/C23H20F5N3O5/c1-11-16(13-4-5-14(24)17(25)18(13)34-3)19(36-22(11,2)23(26,27)28)20(32)30-12-6-7-29-15(10-12)31-8-9-35-21(31)33/h4-11,16,19H,1-3H3,(H,29,30,32)/t11-,16-,19+,22+/m0/s1. The van der Waals surface area contributed by atoms with Crippen LogP contribution in [-0.2, 0) is 9.53 Å². The number of halogens is 5. The van der Waals surface area contributed by atoms with Crippen molar-refractivity contribution in [3.63, 3.8) is 0 Å². The van der Waals surface area contributed by atoms with Gasteiger partial charge in [0, 0.05) is 35.3 Å². The highest BCUT2D eigenvalue weighted by atomic mass is 19.4. The average molecular weight is 513 g/mol. The highest BCUT2D eigenvalue weighted by Gasteiger charge is 2.65. The number of methoxy groups -OCH3 is 1. The number of hydrogen-bond acceptors (Lipinski definition) is 6. The van der Waals surface area contributed by atoms with Crippen molar-refractivity contribution in [2.24, 2.45) is 5.92 Å². The van der Waals surface area contributed by atoms with Crippen LogP contribution in [0.2, 0.25) is 0 Å². The summed E-state index contributed by atoms with van der Waals surface area (Å²) in [5.41, 5.74) is -2.85. The predicted octanol–water partition coefficient (Wildman–Crippen LogP) is 4.19. The number of anilines is 1. The highest BCUT2D eigenvalue weighted by molar-refractivity contribution is 5.95. The van der Waals surface area contributed by atoms with Gasteiger partial charge >= 0.3 is 11.9 Å². The first-order chi connectivity index (χ1) is 16.9. The lowest BCUT2D eigenvalue weighted by Gasteiger charge is -2.32. The lowest BCUT2D eigenvalue weighted by atomic mass is 9.77. The maximum absolute atomic E-state index is 14.5. The summed E-state index contributed by atoms with van der Waals surface area (Å²) >= 11 is 0. The number of ether oxygens (including phenoxy) is 2. The number of carbonyl (C=O) groups excluding carboxylic acids is 1. The second kappa shape index (κ2) is 9.04. The molecular formula is C23H20F5N3O5. The molecule has 1 fully saturated rings. The molecule has 13 heteroatoms. The molecule has 36 heavy (non-hydrogen) atoms. The number of amides is 1. The van der Waals surface area contributed by atoms with E-state index < -0.39 is 58.8 Å². The summed E-state index contributed by atoms with van der Waals surface area (Å²) in [5.74, 6) is -7.69. The Morgan fingerprint density at radius 2 is 1.97 bits per heavy atom. The molecule has 0 radical (unpaired) electrons. The molecule has 1 aliphatic heterocycles. The first-order valence-electron chi connectivity index (χ1n) is 10.6. The minimum atomic E-state index is -4.89. The Morgan fingerprint density at radius 3 is 2.58 bits per heavy atom. The van der Waals surface area contributed by atoms with Crippen LogP contribution in [0.25, 0.3) is 5.82 Å². The number of nitrogens with zero attached hydrogens (tertiary/aromatic N) is 2. The van der Waals surface area contributed by atoms with Gasteiger partial charge in [0.1, 0.15) is 18.2 Å². The summed E-state index contributed by atoms with van der Waals surface area (Å²) in [6.45, 7) is 2.00. The monoisotopic (exact) mass is 513 g/mol. The normalized spacial score (nSPS) is 24.1. The molecule has 1 amide bonds. The maximum Gasteiger partial charge on any atom is 0.424 e. The second-order valence-corrected chi connectivity index (χ2v) is 8.37. The maximum atomic E-state index is 14.5. The summed E-state index contributed by atoms with van der Waals surface area (Å²) in [6.07, 6.45) is -2.98. The van der Waals surface area contributed by atoms with Gasteiger partial charge in [-0.15, -0.1) is 0 Å². The number of benzene rings is 1. The Bertz CT molecular complexity index is 1350. The molecular weight excluding hydrogens is 493 g/mol. The molecule has 1 aromatic carbocycles. The SMILES string of the molecule is COc1c([C@H]2[C@H](C(=O)Nc3ccnc(-n4ccoc4=O)c3)O[C@@](C)(C(F)(F)F)[C@H]2C)ccc(F)c1F. The number of alkyl halides is 3. The fraction of sp³-hybridized carbons (Fsp3) is 0.348. The van der Waals surface area contributed by atoms with E-state index in [1.807, 2.05) is 0 Å². The fourth-order valence-electron chi connectivity index (χ4n) is 4.32. The van der Waals surface area contributed by atoms with Gasteiger partial charge < -0.3 is 19.2 Å². The first-order valence-corrected chi connectivity index (χ1v) is 10.6. The summed E-state index contributed by atoms with van der Waals surface area (Å²) in [4.78, 5) is 29.0. The zero-order valence-corrected chi connectivity index (χ0v) is 19.1. The molecule has 0 bridgehead atoms. The molecule has 4 rings (SSSR count). The number of nitrogens with one attached hydrogen (secondary N) is 1. The van der Waals surface area contributed by atoms with E-state index in [-0.39, 0.29) is 17.1 Å². The number of hydrogen-bond donors (Lipinski definition) is 1. The van der Waals surface area contributed by atoms with Gasteiger partial charge in [0.15, 0.2) is 17.2 Å². The quantitative estimate of drug-likeness (QED) is 0.514. The van der Waals surface area contributed by atoms with Crippen LogP contribution in [0.1, 0.15) is 25.3 Å². The van der Waals surface area contributed by atoms with Gasteiger partial charge in [0.05, 0.1) is 13.3 Å². The number of oxazole rings is 1. The Balaban J connectivity index is 1.74. The summed E-state index contributed by atoms with van der Waals surface area (Å²) in [7, 11) is 1.04. The van der Waals surface area contributed by atoms with Gasteiger partial charge in [0.2, 0.25) is 5.82 Å². The number of pyridine rings is 1. The van der Waals surface area contributed by atoms with Gasteiger partial charge in [0.25, 0.3) is 5.91 Å². The molecule has 0 unspecified atom stereocenters. The fourth-order valence-corrected chi connectivity index (χ4v) is 4.32. The minimum absolute atomic E-state index is 0.0752. The van der Waals surface area contributed by atoms with Crippen molar-refractivity contribution in [3.05, 3.63) is 70.7 Å². The van der Waals surface area contributed by atoms with Crippen LogP contribution >= 0.6 is 0 Å². The lowest BCUT2D eigenvalue weighted by Crippen LogP contribution is -2.47. The lowest BCUT2D eigenvalue weighted by molar-refractivity contribution is -0.272. The van der Waals surface area contributed by atoms with Crippen molar-refractivity contribution in [1.82, 2.24) is 9.55 Å². The smallest absolute Gasteiger partial charge is 0.424 e.